The molecule has 4 aromatic rings. The Bertz CT molecular complexity index is 2460. The summed E-state index contributed by atoms with van der Waals surface area (Å²) in [6.45, 7) is 5.89. The number of carbonyl (C=O) groups excluding carboxylic acids is 4. The number of hydrogen-bond donors (Lipinski definition) is 2. The molecule has 14 heteroatoms. The van der Waals surface area contributed by atoms with Crippen LogP contribution in [-0.4, -0.2) is 107 Å². The normalized spacial score (nSPS) is 18.9. The summed E-state index contributed by atoms with van der Waals surface area (Å²) < 4.78 is 11.2. The highest BCUT2D eigenvalue weighted by Crippen LogP contribution is 2.46. The molecule has 0 aromatic heterocycles. The van der Waals surface area contributed by atoms with Gasteiger partial charge in [-0.2, -0.15) is 0 Å². The Balaban J connectivity index is 0.774. The van der Waals surface area contributed by atoms with Gasteiger partial charge in [-0.25, -0.2) is 19.6 Å². The van der Waals surface area contributed by atoms with Gasteiger partial charge in [-0.1, -0.05) is 36.4 Å². The number of rotatable bonds is 8. The van der Waals surface area contributed by atoms with Gasteiger partial charge < -0.3 is 30.7 Å². The Labute approximate surface area is 361 Å². The highest BCUT2D eigenvalue weighted by atomic mass is 16.6. The first-order valence-electron chi connectivity index (χ1n) is 21.7. The lowest BCUT2D eigenvalue weighted by molar-refractivity contribution is 0.0775. The molecule has 1 unspecified atom stereocenters. The van der Waals surface area contributed by atoms with Crippen molar-refractivity contribution in [3.8, 4) is 22.3 Å². The SMILES string of the molecule is CCOC(=O)N1Cc2cc(-c3ccc(C(=O)N4CCC(CCOC(=O)N5CC(N)=Nc6ccc(-c7ccc(C(=O)N8CCCC8)cc7)cc6C5)C4)cc3)ccc2N=C(N)C12CC2. The number of hydrogen-bond acceptors (Lipinski definition) is 10. The highest BCUT2D eigenvalue weighted by Gasteiger charge is 2.55. The molecule has 4 N–H and O–H groups in total. The Morgan fingerprint density at radius 2 is 1.24 bits per heavy atom. The van der Waals surface area contributed by atoms with Crippen LogP contribution in [0.2, 0.25) is 0 Å². The number of amides is 4. The zero-order valence-electron chi connectivity index (χ0n) is 35.1. The fourth-order valence-corrected chi connectivity index (χ4v) is 9.11. The van der Waals surface area contributed by atoms with Gasteiger partial charge in [0.25, 0.3) is 11.8 Å². The van der Waals surface area contributed by atoms with Crippen molar-refractivity contribution in [2.75, 3.05) is 45.9 Å². The first-order valence-corrected chi connectivity index (χ1v) is 21.7. The molecule has 320 valence electrons. The minimum absolute atomic E-state index is 0.0357. The van der Waals surface area contributed by atoms with Gasteiger partial charge in [0, 0.05) is 37.3 Å². The van der Waals surface area contributed by atoms with E-state index in [0.717, 1.165) is 84.3 Å². The third-order valence-electron chi connectivity index (χ3n) is 12.8. The second-order valence-electron chi connectivity index (χ2n) is 16.9. The lowest BCUT2D eigenvalue weighted by Gasteiger charge is -2.29. The van der Waals surface area contributed by atoms with E-state index < -0.39 is 17.7 Å². The van der Waals surface area contributed by atoms with Crippen LogP contribution in [0.5, 0.6) is 0 Å². The average molecular weight is 837 g/mol. The summed E-state index contributed by atoms with van der Waals surface area (Å²) in [5, 5.41) is 0. The second kappa shape index (κ2) is 17.0. The van der Waals surface area contributed by atoms with E-state index in [1.165, 1.54) is 0 Å². The van der Waals surface area contributed by atoms with Crippen LogP contribution in [0, 0.1) is 5.92 Å². The van der Waals surface area contributed by atoms with E-state index in [-0.39, 0.29) is 44.0 Å². The van der Waals surface area contributed by atoms with Gasteiger partial charge in [-0.05, 0) is 133 Å². The number of likely N-dealkylation sites (tertiary alicyclic amines) is 2. The van der Waals surface area contributed by atoms with Crippen molar-refractivity contribution >= 4 is 47.0 Å². The molecule has 4 heterocycles. The van der Waals surface area contributed by atoms with E-state index in [2.05, 4.69) is 4.99 Å². The monoisotopic (exact) mass is 836 g/mol. The molecule has 1 atom stereocenters. The molecule has 4 amide bonds. The van der Waals surface area contributed by atoms with Crippen molar-refractivity contribution in [2.45, 2.75) is 64.1 Å². The fraction of sp³-hybridized carbons (Fsp3) is 0.375. The van der Waals surface area contributed by atoms with Crippen molar-refractivity contribution in [1.29, 1.82) is 0 Å². The van der Waals surface area contributed by atoms with Crippen LogP contribution in [0.25, 0.3) is 22.3 Å². The van der Waals surface area contributed by atoms with E-state index >= 15 is 0 Å². The van der Waals surface area contributed by atoms with Gasteiger partial charge in [0.2, 0.25) is 0 Å². The third-order valence-corrected chi connectivity index (χ3v) is 12.8. The van der Waals surface area contributed by atoms with Gasteiger partial charge in [0.15, 0.2) is 0 Å². The maximum atomic E-state index is 13.6. The maximum absolute atomic E-state index is 13.6. The van der Waals surface area contributed by atoms with Crippen LogP contribution in [0.4, 0.5) is 21.0 Å². The summed E-state index contributed by atoms with van der Waals surface area (Å²) in [6.07, 6.45) is 4.20. The van der Waals surface area contributed by atoms with Crippen molar-refractivity contribution in [1.82, 2.24) is 19.6 Å². The van der Waals surface area contributed by atoms with Crippen molar-refractivity contribution in [2.24, 2.45) is 27.4 Å². The quantitative estimate of drug-likeness (QED) is 0.187. The molecular formula is C48H52N8O6. The molecule has 2 saturated heterocycles. The zero-order valence-corrected chi connectivity index (χ0v) is 35.1. The van der Waals surface area contributed by atoms with Gasteiger partial charge in [0.1, 0.15) is 17.2 Å². The van der Waals surface area contributed by atoms with Gasteiger partial charge in [-0.3, -0.25) is 19.4 Å². The minimum Gasteiger partial charge on any atom is -0.450 e. The Kier molecular flexibility index (Phi) is 11.1. The molecule has 3 fully saturated rings. The second-order valence-corrected chi connectivity index (χ2v) is 16.9. The summed E-state index contributed by atoms with van der Waals surface area (Å²) >= 11 is 0. The number of ether oxygens (including phenoxy) is 2. The fourth-order valence-electron chi connectivity index (χ4n) is 9.11. The van der Waals surface area contributed by atoms with Crippen LogP contribution >= 0.6 is 0 Å². The van der Waals surface area contributed by atoms with E-state index in [9.17, 15) is 19.2 Å². The molecule has 5 aliphatic rings. The zero-order chi connectivity index (χ0) is 43.0. The van der Waals surface area contributed by atoms with Gasteiger partial charge in [-0.15, -0.1) is 0 Å². The first-order chi connectivity index (χ1) is 30.1. The molecule has 0 bridgehead atoms. The van der Waals surface area contributed by atoms with E-state index in [1.807, 2.05) is 94.7 Å². The Morgan fingerprint density at radius 3 is 1.85 bits per heavy atom. The number of carbonyl (C=O) groups is 4. The molecule has 14 nitrogen and oxygen atoms in total. The van der Waals surface area contributed by atoms with Crippen molar-refractivity contribution in [3.05, 3.63) is 107 Å². The van der Waals surface area contributed by atoms with E-state index in [4.69, 9.17) is 25.9 Å². The number of nitrogens with zero attached hydrogens (tertiary/aromatic N) is 6. The number of benzene rings is 4. The topological polar surface area (TPSA) is 176 Å². The third kappa shape index (κ3) is 8.20. The summed E-state index contributed by atoms with van der Waals surface area (Å²) in [5.74, 6) is 0.987. The largest absolute Gasteiger partial charge is 0.450 e. The number of aliphatic imine (C=N–C) groups is 2. The standard InChI is InChI=1S/C48H52N8O6/c1-2-61-47(60)56-29-39-26-37(14-16-41(39)52-45(50)48(56)19-20-48)33-7-11-35(12-8-33)44(58)54-23-17-31(27-54)18-24-62-46(59)55-28-38-25-36(13-15-40(38)51-42(49)30-55)32-5-9-34(10-6-32)43(57)53-21-3-4-22-53/h5-16,25-26,31H,2-4,17-24,27-30H2,1H3,(H2,49,51)(H2,50,52). The van der Waals surface area contributed by atoms with Crippen molar-refractivity contribution < 1.29 is 28.7 Å². The van der Waals surface area contributed by atoms with Crippen LogP contribution < -0.4 is 11.5 Å². The van der Waals surface area contributed by atoms with Gasteiger partial charge in [0.05, 0.1) is 44.2 Å². The molecule has 1 spiro atoms. The molecule has 1 saturated carbocycles. The van der Waals surface area contributed by atoms with Crippen LogP contribution in [0.1, 0.15) is 77.3 Å². The summed E-state index contributed by atoms with van der Waals surface area (Å²) in [5.41, 5.74) is 20.3. The lowest BCUT2D eigenvalue weighted by atomic mass is 10.00. The minimum atomic E-state index is -0.587. The van der Waals surface area contributed by atoms with Crippen molar-refractivity contribution in [3.63, 3.8) is 0 Å². The molecule has 4 aromatic carbocycles. The Hall–Kier alpha value is -6.70. The smallest absolute Gasteiger partial charge is 0.410 e. The number of amidine groups is 2. The molecule has 62 heavy (non-hydrogen) atoms. The van der Waals surface area contributed by atoms with Crippen LogP contribution in [0.15, 0.2) is 94.9 Å². The highest BCUT2D eigenvalue weighted by molar-refractivity contribution is 5.99. The summed E-state index contributed by atoms with van der Waals surface area (Å²) in [6, 6.07) is 27.1. The molecule has 4 aliphatic heterocycles. The number of nitrogens with two attached hydrogens (primary N) is 2. The van der Waals surface area contributed by atoms with Gasteiger partial charge >= 0.3 is 12.2 Å². The van der Waals surface area contributed by atoms with Crippen LogP contribution in [0.3, 0.4) is 0 Å². The Morgan fingerprint density at radius 1 is 0.661 bits per heavy atom. The summed E-state index contributed by atoms with van der Waals surface area (Å²) in [7, 11) is 0. The van der Waals surface area contributed by atoms with Crippen LogP contribution in [-0.2, 0) is 22.6 Å². The molecule has 0 radical (unpaired) electrons. The molecule has 9 rings (SSSR count). The predicted octanol–water partition coefficient (Wildman–Crippen LogP) is 7.24. The molecule has 1 aliphatic carbocycles. The first kappa shape index (κ1) is 40.7. The maximum Gasteiger partial charge on any atom is 0.410 e. The summed E-state index contributed by atoms with van der Waals surface area (Å²) in [4.78, 5) is 69.1. The number of fused-ring (bicyclic) bond motifs is 2. The lowest BCUT2D eigenvalue weighted by Crippen LogP contribution is -2.49. The van der Waals surface area contributed by atoms with E-state index in [1.54, 1.807) is 16.7 Å². The van der Waals surface area contributed by atoms with E-state index in [0.29, 0.717) is 54.5 Å². The molecular weight excluding hydrogens is 785 g/mol. The average Bonchev–Trinajstić information content (AvgIpc) is 3.73. The predicted molar refractivity (Wildman–Crippen MR) is 236 cm³/mol.